The van der Waals surface area contributed by atoms with Gasteiger partial charge in [0.25, 0.3) is 0 Å². The topological polar surface area (TPSA) is 67.6 Å². The van der Waals surface area contributed by atoms with Crippen LogP contribution < -0.4 is 0 Å². The number of hydrogen-bond donors (Lipinski definition) is 1. The molecule has 1 aromatic heterocycles. The molecule has 0 aromatic carbocycles. The quantitative estimate of drug-likeness (QED) is 0.852. The van der Waals surface area contributed by atoms with E-state index in [0.717, 1.165) is 24.4 Å². The highest BCUT2D eigenvalue weighted by molar-refractivity contribution is 5.73. The Morgan fingerprint density at radius 1 is 1.58 bits per heavy atom. The minimum Gasteiger partial charge on any atom is -0.480 e. The maximum Gasteiger partial charge on any atom is 0.323 e. The van der Waals surface area contributed by atoms with Gasteiger partial charge in [0.1, 0.15) is 6.04 Å². The number of carbonyl (C=O) groups is 1. The van der Waals surface area contributed by atoms with E-state index < -0.39 is 12.0 Å². The third kappa shape index (κ3) is 3.13. The van der Waals surface area contributed by atoms with Crippen molar-refractivity contribution in [1.29, 1.82) is 0 Å². The van der Waals surface area contributed by atoms with E-state index in [1.165, 1.54) is 0 Å². The van der Waals surface area contributed by atoms with Gasteiger partial charge in [-0.15, -0.1) is 0 Å². The SMILES string of the molecule is CCc1cc(CN2CCOCC2C(=O)O)n(CC)n1. The number of hydrogen-bond acceptors (Lipinski definition) is 4. The fraction of sp³-hybridized carbons (Fsp3) is 0.692. The lowest BCUT2D eigenvalue weighted by atomic mass is 10.2. The van der Waals surface area contributed by atoms with E-state index in [1.54, 1.807) is 0 Å². The lowest BCUT2D eigenvalue weighted by Crippen LogP contribution is -2.49. The molecule has 106 valence electrons. The zero-order chi connectivity index (χ0) is 13.8. The number of aryl methyl sites for hydroxylation is 2. The molecule has 0 bridgehead atoms. The van der Waals surface area contributed by atoms with Gasteiger partial charge in [-0.3, -0.25) is 14.4 Å². The first-order chi connectivity index (χ1) is 9.15. The molecule has 19 heavy (non-hydrogen) atoms. The third-order valence-corrected chi connectivity index (χ3v) is 3.47. The van der Waals surface area contributed by atoms with Crippen molar-refractivity contribution < 1.29 is 14.6 Å². The second kappa shape index (κ2) is 6.16. The van der Waals surface area contributed by atoms with E-state index in [9.17, 15) is 9.90 Å². The van der Waals surface area contributed by atoms with Crippen molar-refractivity contribution in [2.75, 3.05) is 19.8 Å². The molecule has 1 aliphatic heterocycles. The summed E-state index contributed by atoms with van der Waals surface area (Å²) in [5.74, 6) is -0.821. The van der Waals surface area contributed by atoms with Crippen LogP contribution in [0.25, 0.3) is 0 Å². The van der Waals surface area contributed by atoms with Crippen LogP contribution in [-0.4, -0.2) is 51.6 Å². The van der Waals surface area contributed by atoms with Crippen molar-refractivity contribution in [2.45, 2.75) is 39.4 Å². The van der Waals surface area contributed by atoms with Crippen LogP contribution in [0.2, 0.25) is 0 Å². The Labute approximate surface area is 113 Å². The molecule has 6 nitrogen and oxygen atoms in total. The van der Waals surface area contributed by atoms with E-state index in [-0.39, 0.29) is 6.61 Å². The first-order valence-corrected chi connectivity index (χ1v) is 6.75. The molecule has 0 radical (unpaired) electrons. The van der Waals surface area contributed by atoms with Crippen LogP contribution in [-0.2, 0) is 29.0 Å². The number of morpholine rings is 1. The number of carboxylic acids is 1. The van der Waals surface area contributed by atoms with Gasteiger partial charge in [0, 0.05) is 19.6 Å². The molecule has 6 heteroatoms. The van der Waals surface area contributed by atoms with Gasteiger partial charge < -0.3 is 9.84 Å². The molecule has 1 fully saturated rings. The Hall–Kier alpha value is -1.40. The molecule has 0 amide bonds. The van der Waals surface area contributed by atoms with Gasteiger partial charge in [-0.25, -0.2) is 0 Å². The zero-order valence-corrected chi connectivity index (χ0v) is 11.5. The van der Waals surface area contributed by atoms with Crippen LogP contribution in [0.5, 0.6) is 0 Å². The second-order valence-electron chi connectivity index (χ2n) is 4.70. The van der Waals surface area contributed by atoms with Crippen molar-refractivity contribution in [1.82, 2.24) is 14.7 Å². The van der Waals surface area contributed by atoms with Crippen LogP contribution in [0.1, 0.15) is 25.2 Å². The van der Waals surface area contributed by atoms with Gasteiger partial charge in [0.05, 0.1) is 24.6 Å². The second-order valence-corrected chi connectivity index (χ2v) is 4.70. The lowest BCUT2D eigenvalue weighted by Gasteiger charge is -2.32. The molecular weight excluding hydrogens is 246 g/mol. The number of rotatable bonds is 5. The normalized spacial score (nSPS) is 20.6. The monoisotopic (exact) mass is 267 g/mol. The zero-order valence-electron chi connectivity index (χ0n) is 11.5. The standard InChI is InChI=1S/C13H21N3O3/c1-3-10-7-11(16(4-2)14-10)8-15-5-6-19-9-12(15)13(17)18/h7,12H,3-6,8-9H2,1-2H3,(H,17,18). The first-order valence-electron chi connectivity index (χ1n) is 6.75. The summed E-state index contributed by atoms with van der Waals surface area (Å²) in [7, 11) is 0. The molecule has 2 heterocycles. The fourth-order valence-corrected chi connectivity index (χ4v) is 2.35. The average Bonchev–Trinajstić information content (AvgIpc) is 2.81. The summed E-state index contributed by atoms with van der Waals surface area (Å²) in [6.45, 7) is 7.03. The minimum atomic E-state index is -0.821. The first kappa shape index (κ1) is 14.0. The number of aliphatic carboxylic acids is 1. The Kier molecular flexibility index (Phi) is 4.55. The maximum absolute atomic E-state index is 11.2. The summed E-state index contributed by atoms with van der Waals surface area (Å²) in [5, 5.41) is 13.7. The van der Waals surface area contributed by atoms with E-state index >= 15 is 0 Å². The number of carboxylic acid groups (broad SMARTS) is 1. The van der Waals surface area contributed by atoms with Gasteiger partial charge in [-0.05, 0) is 19.4 Å². The number of nitrogens with zero attached hydrogens (tertiary/aromatic N) is 3. The van der Waals surface area contributed by atoms with Crippen molar-refractivity contribution in [2.24, 2.45) is 0 Å². The van der Waals surface area contributed by atoms with Crippen molar-refractivity contribution in [3.05, 3.63) is 17.5 Å². The Morgan fingerprint density at radius 2 is 2.37 bits per heavy atom. The highest BCUT2D eigenvalue weighted by Crippen LogP contribution is 2.14. The summed E-state index contributed by atoms with van der Waals surface area (Å²) in [4.78, 5) is 13.2. The Morgan fingerprint density at radius 3 is 3.00 bits per heavy atom. The molecule has 0 saturated carbocycles. The molecule has 1 saturated heterocycles. The molecule has 0 spiro atoms. The van der Waals surface area contributed by atoms with Crippen LogP contribution in [0.3, 0.4) is 0 Å². The van der Waals surface area contributed by atoms with Crippen molar-refractivity contribution >= 4 is 5.97 Å². The van der Waals surface area contributed by atoms with Crippen molar-refractivity contribution in [3.8, 4) is 0 Å². The molecule has 0 aliphatic carbocycles. The average molecular weight is 267 g/mol. The molecule has 1 aliphatic rings. The third-order valence-electron chi connectivity index (χ3n) is 3.47. The number of ether oxygens (including phenoxy) is 1. The van der Waals surface area contributed by atoms with Crippen molar-refractivity contribution in [3.63, 3.8) is 0 Å². The molecule has 1 unspecified atom stereocenters. The van der Waals surface area contributed by atoms with Gasteiger partial charge >= 0.3 is 5.97 Å². The van der Waals surface area contributed by atoms with E-state index in [4.69, 9.17) is 4.74 Å². The maximum atomic E-state index is 11.2. The highest BCUT2D eigenvalue weighted by Gasteiger charge is 2.29. The van der Waals surface area contributed by atoms with E-state index in [1.807, 2.05) is 16.5 Å². The van der Waals surface area contributed by atoms with Gasteiger partial charge in [-0.1, -0.05) is 6.92 Å². The summed E-state index contributed by atoms with van der Waals surface area (Å²) in [5.41, 5.74) is 2.13. The molecule has 1 atom stereocenters. The van der Waals surface area contributed by atoms with Crippen LogP contribution in [0, 0.1) is 0 Å². The van der Waals surface area contributed by atoms with Gasteiger partial charge in [0.2, 0.25) is 0 Å². The summed E-state index contributed by atoms with van der Waals surface area (Å²) < 4.78 is 7.20. The van der Waals surface area contributed by atoms with E-state index in [0.29, 0.717) is 19.7 Å². The molecular formula is C13H21N3O3. The van der Waals surface area contributed by atoms with Crippen LogP contribution in [0.4, 0.5) is 0 Å². The molecule has 1 aromatic rings. The summed E-state index contributed by atoms with van der Waals surface area (Å²) in [6, 6.07) is 1.51. The van der Waals surface area contributed by atoms with E-state index in [2.05, 4.69) is 18.1 Å². The molecule has 2 rings (SSSR count). The van der Waals surface area contributed by atoms with Gasteiger partial charge in [-0.2, -0.15) is 5.10 Å². The lowest BCUT2D eigenvalue weighted by molar-refractivity contribution is -0.150. The predicted molar refractivity (Wildman–Crippen MR) is 69.9 cm³/mol. The predicted octanol–water partition coefficient (Wildman–Crippen LogP) is 0.751. The highest BCUT2D eigenvalue weighted by atomic mass is 16.5. The smallest absolute Gasteiger partial charge is 0.323 e. The number of aromatic nitrogens is 2. The summed E-state index contributed by atoms with van der Waals surface area (Å²) >= 11 is 0. The van der Waals surface area contributed by atoms with Crippen LogP contribution >= 0.6 is 0 Å². The van der Waals surface area contributed by atoms with Crippen LogP contribution in [0.15, 0.2) is 6.07 Å². The summed E-state index contributed by atoms with van der Waals surface area (Å²) in [6.07, 6.45) is 0.894. The Bertz CT molecular complexity index is 444. The minimum absolute atomic E-state index is 0.260. The van der Waals surface area contributed by atoms with Gasteiger partial charge in [0.15, 0.2) is 0 Å². The Balaban J connectivity index is 2.14. The largest absolute Gasteiger partial charge is 0.480 e. The fourth-order valence-electron chi connectivity index (χ4n) is 2.35. The molecule has 1 N–H and O–H groups in total.